The fourth-order valence-electron chi connectivity index (χ4n) is 3.22. The lowest BCUT2D eigenvalue weighted by atomic mass is 9.95. The first kappa shape index (κ1) is 52.7. The van der Waals surface area contributed by atoms with Crippen molar-refractivity contribution in [2.45, 2.75) is 204 Å². The Morgan fingerprint density at radius 3 is 1.27 bits per heavy atom. The third-order valence-electron chi connectivity index (χ3n) is 5.40. The van der Waals surface area contributed by atoms with Crippen LogP contribution in [0.15, 0.2) is 0 Å². The largest absolute Gasteiger partial charge is 0.519 e. The second-order valence-corrected chi connectivity index (χ2v) is 15.5. The number of ether oxygens (including phenoxy) is 6. The Morgan fingerprint density at radius 2 is 0.939 bits per heavy atom. The highest BCUT2D eigenvalue weighted by Gasteiger charge is 2.38. The lowest BCUT2D eigenvalue weighted by Gasteiger charge is -2.30. The van der Waals surface area contributed by atoms with Crippen LogP contribution in [-0.2, 0) is 38.0 Å². The van der Waals surface area contributed by atoms with Crippen molar-refractivity contribution in [3.63, 3.8) is 0 Å². The highest BCUT2D eigenvalue weighted by Crippen LogP contribution is 2.19. The molecule has 0 unspecified atom stereocenters. The minimum atomic E-state index is -1.06. The van der Waals surface area contributed by atoms with Crippen molar-refractivity contribution >= 4 is 30.3 Å². The molecule has 0 fully saturated rings. The maximum absolute atomic E-state index is 12.2. The molecule has 0 radical (unpaired) electrons. The molecular weight excluding hydrogens is 636 g/mol. The predicted molar refractivity (Wildman–Crippen MR) is 192 cm³/mol. The molecule has 0 aliphatic heterocycles. The molecule has 1 amide bonds. The van der Waals surface area contributed by atoms with Crippen LogP contribution in [0.5, 0.6) is 0 Å². The zero-order valence-electron chi connectivity index (χ0n) is 33.0. The Balaban J connectivity index is -0.000000315. The molecule has 0 aliphatic rings. The van der Waals surface area contributed by atoms with E-state index in [-0.39, 0.29) is 25.6 Å². The number of nitrogens with two attached hydrogens (primary N) is 1. The normalized spacial score (nSPS) is 13.7. The Kier molecular flexibility index (Phi) is 25.1. The molecule has 0 heterocycles. The molecule has 13 heteroatoms. The standard InChI is InChI=1S/C15H29NO4.C10H21NO2.C10H18O5.CH4/c1-8-9-10-15(7,12(17)19-11(2)3)16-13(18)20-14(4,5)6;1-5-6-7-10(4,11)9(12)13-8(2)3;1-9(2,3)14-7(11)13-8(12)15-10(4,5)6;/h11H,8-10H2,1-7H3,(H,16,18);8H,5-7,11H2,1-4H3;1-6H3;1H4/t15-;10-;;/m11../s1. The summed E-state index contributed by atoms with van der Waals surface area (Å²) in [4.78, 5) is 57.5. The zero-order valence-corrected chi connectivity index (χ0v) is 33.0. The van der Waals surface area contributed by atoms with E-state index in [1.807, 2.05) is 20.8 Å². The maximum Gasteiger partial charge on any atom is 0.519 e. The van der Waals surface area contributed by atoms with Gasteiger partial charge < -0.3 is 39.5 Å². The van der Waals surface area contributed by atoms with Gasteiger partial charge in [0.25, 0.3) is 0 Å². The summed E-state index contributed by atoms with van der Waals surface area (Å²) in [6, 6.07) is 0. The first-order valence-corrected chi connectivity index (χ1v) is 16.8. The summed E-state index contributed by atoms with van der Waals surface area (Å²) in [5, 5.41) is 2.65. The van der Waals surface area contributed by atoms with Gasteiger partial charge >= 0.3 is 30.3 Å². The van der Waals surface area contributed by atoms with Crippen LogP contribution in [0.2, 0.25) is 0 Å². The summed E-state index contributed by atoms with van der Waals surface area (Å²) in [7, 11) is 0. The number of esters is 2. The fourth-order valence-corrected chi connectivity index (χ4v) is 3.22. The number of carbonyl (C=O) groups excluding carboxylic acids is 5. The molecule has 0 spiro atoms. The number of rotatable bonds is 11. The van der Waals surface area contributed by atoms with Gasteiger partial charge in [-0.1, -0.05) is 47.0 Å². The minimum Gasteiger partial charge on any atom is -0.462 e. The third-order valence-corrected chi connectivity index (χ3v) is 5.40. The van der Waals surface area contributed by atoms with E-state index in [2.05, 4.69) is 17.0 Å². The molecular formula is C36H72N2O11. The Bertz CT molecular complexity index is 962. The number of alkyl carbamates (subject to hydrolysis) is 1. The van der Waals surface area contributed by atoms with Crippen LogP contribution in [-0.4, -0.2) is 70.4 Å². The number of hydrogen-bond donors (Lipinski definition) is 2. The smallest absolute Gasteiger partial charge is 0.462 e. The fraction of sp³-hybridized carbons (Fsp3) is 0.861. The SMILES string of the molecule is C.CC(C)(C)OC(=O)OC(=O)OC(C)(C)C.CCCC[C@@](C)(N)C(=O)OC(C)C.CCCC[C@@](C)(NC(=O)OC(C)(C)C)C(=O)OC(C)C. The summed E-state index contributed by atoms with van der Waals surface area (Å²) in [5.41, 5.74) is 1.96. The van der Waals surface area contributed by atoms with Gasteiger partial charge in [0, 0.05) is 0 Å². The second-order valence-electron chi connectivity index (χ2n) is 15.5. The molecule has 3 N–H and O–H groups in total. The number of nitrogens with one attached hydrogen (secondary N) is 1. The molecule has 0 bridgehead atoms. The second kappa shape index (κ2) is 23.3. The molecule has 49 heavy (non-hydrogen) atoms. The van der Waals surface area contributed by atoms with Gasteiger partial charge in [0.15, 0.2) is 0 Å². The van der Waals surface area contributed by atoms with Crippen molar-refractivity contribution < 1.29 is 52.4 Å². The number of unbranched alkanes of at least 4 members (excludes halogenated alkanes) is 2. The predicted octanol–water partition coefficient (Wildman–Crippen LogP) is 8.77. The van der Waals surface area contributed by atoms with E-state index in [0.29, 0.717) is 12.8 Å². The van der Waals surface area contributed by atoms with Crippen molar-refractivity contribution in [1.29, 1.82) is 0 Å². The van der Waals surface area contributed by atoms with E-state index in [0.717, 1.165) is 25.7 Å². The summed E-state index contributed by atoms with van der Waals surface area (Å²) >= 11 is 0. The zero-order chi connectivity index (χ0) is 38.7. The van der Waals surface area contributed by atoms with Gasteiger partial charge in [-0.05, 0) is 117 Å². The van der Waals surface area contributed by atoms with Crippen molar-refractivity contribution in [3.8, 4) is 0 Å². The molecule has 0 saturated carbocycles. The van der Waals surface area contributed by atoms with Gasteiger partial charge in [0.2, 0.25) is 0 Å². The van der Waals surface area contributed by atoms with E-state index in [1.165, 1.54) is 0 Å². The Labute approximate surface area is 297 Å². The van der Waals surface area contributed by atoms with E-state index in [4.69, 9.17) is 29.4 Å². The molecule has 2 atom stereocenters. The van der Waals surface area contributed by atoms with Crippen LogP contribution in [0, 0.1) is 0 Å². The summed E-state index contributed by atoms with van der Waals surface area (Å²) in [5.74, 6) is -0.720. The van der Waals surface area contributed by atoms with Gasteiger partial charge in [0.05, 0.1) is 12.2 Å². The molecule has 0 aromatic heterocycles. The lowest BCUT2D eigenvalue weighted by Crippen LogP contribution is -2.54. The molecule has 292 valence electrons. The maximum atomic E-state index is 12.2. The Morgan fingerprint density at radius 1 is 0.592 bits per heavy atom. The molecule has 13 nitrogen and oxygen atoms in total. The molecule has 0 rings (SSSR count). The van der Waals surface area contributed by atoms with Crippen LogP contribution >= 0.6 is 0 Å². The van der Waals surface area contributed by atoms with Gasteiger partial charge in [0.1, 0.15) is 27.9 Å². The molecule has 0 aromatic carbocycles. The van der Waals surface area contributed by atoms with Crippen molar-refractivity contribution in [3.05, 3.63) is 0 Å². The number of amides is 1. The topological polar surface area (TPSA) is 179 Å². The first-order valence-electron chi connectivity index (χ1n) is 16.8. The van der Waals surface area contributed by atoms with Crippen molar-refractivity contribution in [2.75, 3.05) is 0 Å². The highest BCUT2D eigenvalue weighted by molar-refractivity contribution is 5.85. The van der Waals surface area contributed by atoms with Gasteiger partial charge in [-0.25, -0.2) is 19.2 Å². The molecule has 0 aromatic rings. The van der Waals surface area contributed by atoms with E-state index >= 15 is 0 Å². The van der Waals surface area contributed by atoms with E-state index in [9.17, 15) is 24.0 Å². The van der Waals surface area contributed by atoms with Crippen molar-refractivity contribution in [2.24, 2.45) is 5.73 Å². The molecule has 0 saturated heterocycles. The van der Waals surface area contributed by atoms with Crippen LogP contribution in [0.3, 0.4) is 0 Å². The Hall–Kier alpha value is -3.09. The van der Waals surface area contributed by atoms with Crippen LogP contribution < -0.4 is 11.1 Å². The van der Waals surface area contributed by atoms with Crippen molar-refractivity contribution in [1.82, 2.24) is 5.32 Å². The summed E-state index contributed by atoms with van der Waals surface area (Å²) < 4.78 is 29.3. The van der Waals surface area contributed by atoms with Crippen LogP contribution in [0.25, 0.3) is 0 Å². The van der Waals surface area contributed by atoms with E-state index in [1.54, 1.807) is 90.0 Å². The van der Waals surface area contributed by atoms with Gasteiger partial charge in [-0.15, -0.1) is 0 Å². The van der Waals surface area contributed by atoms with E-state index < -0.39 is 52.3 Å². The third kappa shape index (κ3) is 31.9. The summed E-state index contributed by atoms with van der Waals surface area (Å²) in [6.07, 6.45) is 1.94. The number of hydrogen-bond acceptors (Lipinski definition) is 12. The summed E-state index contributed by atoms with van der Waals surface area (Å²) in [6.45, 7) is 30.1. The average Bonchev–Trinajstić information content (AvgIpc) is 2.82. The lowest BCUT2D eigenvalue weighted by molar-refractivity contribution is -0.155. The molecule has 0 aliphatic carbocycles. The first-order chi connectivity index (χ1) is 21.4. The van der Waals surface area contributed by atoms with Crippen LogP contribution in [0.4, 0.5) is 14.4 Å². The van der Waals surface area contributed by atoms with Gasteiger partial charge in [-0.2, -0.15) is 0 Å². The monoisotopic (exact) mass is 709 g/mol. The highest BCUT2D eigenvalue weighted by atomic mass is 16.8. The minimum absolute atomic E-state index is 0. The quantitative estimate of drug-likeness (QED) is 0.119. The van der Waals surface area contributed by atoms with Gasteiger partial charge in [-0.3, -0.25) is 4.79 Å². The van der Waals surface area contributed by atoms with Crippen LogP contribution in [0.1, 0.15) is 164 Å². The average molecular weight is 709 g/mol. The number of carbonyl (C=O) groups is 5.